The van der Waals surface area contributed by atoms with Gasteiger partial charge in [0.15, 0.2) is 6.04 Å². The third kappa shape index (κ3) is 6.21. The molecule has 0 fully saturated rings. The third-order valence-corrected chi connectivity index (χ3v) is 7.25. The lowest BCUT2D eigenvalue weighted by Crippen LogP contribution is -2.43. The van der Waals surface area contributed by atoms with E-state index in [1.165, 1.54) is 23.3 Å². The maximum atomic E-state index is 13.7. The van der Waals surface area contributed by atoms with Crippen molar-refractivity contribution < 1.29 is 14.3 Å². The van der Waals surface area contributed by atoms with Crippen LogP contribution in [0.3, 0.4) is 0 Å². The van der Waals surface area contributed by atoms with Gasteiger partial charge >= 0.3 is 5.91 Å². The topological polar surface area (TPSA) is 58.6 Å². The van der Waals surface area contributed by atoms with Crippen molar-refractivity contribution >= 4 is 40.4 Å². The standard InChI is InChI=1S/C30H25ClN2O3S/c1-3-28(34)33(23-14-15-25(36-2)24(31)20-23)29(30(35)32-19-18-21-10-6-4-7-11-21)27-17-16-26(37-27)22-12-8-5-9-13-22/h1,4-17,20,29H,18-19H2,2H3,(H,32,35). The molecule has 0 aliphatic rings. The number of amides is 2. The van der Waals surface area contributed by atoms with Gasteiger partial charge in [-0.2, -0.15) is 0 Å². The molecule has 0 saturated carbocycles. The Kier molecular flexibility index (Phi) is 8.63. The molecule has 1 atom stereocenters. The van der Waals surface area contributed by atoms with E-state index in [2.05, 4.69) is 11.2 Å². The van der Waals surface area contributed by atoms with Crippen molar-refractivity contribution in [3.63, 3.8) is 0 Å². The molecule has 37 heavy (non-hydrogen) atoms. The largest absolute Gasteiger partial charge is 0.495 e. The van der Waals surface area contributed by atoms with E-state index in [1.807, 2.05) is 72.8 Å². The van der Waals surface area contributed by atoms with Crippen LogP contribution in [0.1, 0.15) is 16.5 Å². The van der Waals surface area contributed by atoms with Crippen LogP contribution in [0.25, 0.3) is 10.4 Å². The minimum atomic E-state index is -0.994. The first-order valence-electron chi connectivity index (χ1n) is 11.6. The minimum Gasteiger partial charge on any atom is -0.495 e. The van der Waals surface area contributed by atoms with Gasteiger partial charge in [-0.05, 0) is 53.8 Å². The maximum Gasteiger partial charge on any atom is 0.303 e. The number of halogens is 1. The summed E-state index contributed by atoms with van der Waals surface area (Å²) in [5, 5.41) is 3.29. The number of nitrogens with one attached hydrogen (secondary N) is 1. The van der Waals surface area contributed by atoms with Crippen molar-refractivity contribution in [3.05, 3.63) is 106 Å². The molecule has 1 heterocycles. The van der Waals surface area contributed by atoms with Crippen LogP contribution in [0.2, 0.25) is 5.02 Å². The fourth-order valence-corrected chi connectivity index (χ4v) is 5.32. The van der Waals surface area contributed by atoms with Gasteiger partial charge in [0.2, 0.25) is 5.91 Å². The van der Waals surface area contributed by atoms with Crippen LogP contribution in [0, 0.1) is 12.3 Å². The number of hydrogen-bond acceptors (Lipinski definition) is 4. The Morgan fingerprint density at radius 3 is 2.38 bits per heavy atom. The highest BCUT2D eigenvalue weighted by molar-refractivity contribution is 7.15. The van der Waals surface area contributed by atoms with Crippen molar-refractivity contribution in [3.8, 4) is 28.5 Å². The molecule has 4 rings (SSSR count). The monoisotopic (exact) mass is 528 g/mol. The zero-order valence-electron chi connectivity index (χ0n) is 20.2. The fraction of sp³-hybridized carbons (Fsp3) is 0.133. The number of carbonyl (C=O) groups excluding carboxylic acids is 2. The van der Waals surface area contributed by atoms with Crippen molar-refractivity contribution in [2.45, 2.75) is 12.5 Å². The van der Waals surface area contributed by atoms with E-state index in [4.69, 9.17) is 22.8 Å². The molecular formula is C30H25ClN2O3S. The van der Waals surface area contributed by atoms with Crippen LogP contribution in [0.15, 0.2) is 91.0 Å². The summed E-state index contributed by atoms with van der Waals surface area (Å²) in [7, 11) is 1.50. The molecule has 7 heteroatoms. The smallest absolute Gasteiger partial charge is 0.303 e. The number of nitrogens with zero attached hydrogens (tertiary/aromatic N) is 1. The Morgan fingerprint density at radius 2 is 1.73 bits per heavy atom. The summed E-state index contributed by atoms with van der Waals surface area (Å²) in [5.74, 6) is 1.63. The van der Waals surface area contributed by atoms with Gasteiger partial charge in [0, 0.05) is 22.0 Å². The first kappa shape index (κ1) is 26.0. The number of carbonyl (C=O) groups is 2. The lowest BCUT2D eigenvalue weighted by Gasteiger charge is -2.29. The van der Waals surface area contributed by atoms with Crippen molar-refractivity contribution in [1.29, 1.82) is 0 Å². The molecule has 186 valence electrons. The Morgan fingerprint density at radius 1 is 1.03 bits per heavy atom. The zero-order chi connectivity index (χ0) is 26.2. The van der Waals surface area contributed by atoms with E-state index >= 15 is 0 Å². The van der Waals surface area contributed by atoms with E-state index in [0.717, 1.165) is 16.0 Å². The number of anilines is 1. The predicted octanol–water partition coefficient (Wildman–Crippen LogP) is 6.14. The highest BCUT2D eigenvalue weighted by atomic mass is 35.5. The number of benzene rings is 3. The quantitative estimate of drug-likeness (QED) is 0.265. The molecule has 0 aliphatic heterocycles. The average molecular weight is 529 g/mol. The molecule has 0 saturated heterocycles. The van der Waals surface area contributed by atoms with Gasteiger partial charge in [0.25, 0.3) is 0 Å². The second-order valence-corrected chi connectivity index (χ2v) is 9.66. The molecule has 1 aromatic heterocycles. The highest BCUT2D eigenvalue weighted by Crippen LogP contribution is 2.38. The summed E-state index contributed by atoms with van der Waals surface area (Å²) >= 11 is 7.81. The number of ether oxygens (including phenoxy) is 1. The Bertz CT molecular complexity index is 1410. The van der Waals surface area contributed by atoms with Gasteiger partial charge in [-0.1, -0.05) is 72.3 Å². The van der Waals surface area contributed by atoms with E-state index in [1.54, 1.807) is 18.2 Å². The molecule has 0 radical (unpaired) electrons. The third-order valence-electron chi connectivity index (χ3n) is 5.77. The van der Waals surface area contributed by atoms with Gasteiger partial charge in [0.1, 0.15) is 5.75 Å². The Hall–Kier alpha value is -4.05. The number of hydrogen-bond donors (Lipinski definition) is 1. The van der Waals surface area contributed by atoms with Gasteiger partial charge < -0.3 is 10.1 Å². The number of thiophene rings is 1. The molecule has 0 bridgehead atoms. The zero-order valence-corrected chi connectivity index (χ0v) is 21.8. The number of methoxy groups -OCH3 is 1. The Labute approximate surface area is 225 Å². The van der Waals surface area contributed by atoms with Gasteiger partial charge in [-0.25, -0.2) is 0 Å². The van der Waals surface area contributed by atoms with Crippen LogP contribution < -0.4 is 15.0 Å². The second kappa shape index (κ2) is 12.3. The van der Waals surface area contributed by atoms with Crippen LogP contribution in [0.5, 0.6) is 5.75 Å². The summed E-state index contributed by atoms with van der Waals surface area (Å²) in [6, 6.07) is 27.4. The van der Waals surface area contributed by atoms with E-state index in [9.17, 15) is 9.59 Å². The normalized spacial score (nSPS) is 11.3. The molecule has 4 aromatic rings. The lowest BCUT2D eigenvalue weighted by molar-refractivity contribution is -0.125. The fourth-order valence-electron chi connectivity index (χ4n) is 3.96. The number of terminal acetylenes is 1. The highest BCUT2D eigenvalue weighted by Gasteiger charge is 2.33. The average Bonchev–Trinajstić information content (AvgIpc) is 3.42. The second-order valence-electron chi connectivity index (χ2n) is 8.14. The first-order valence-corrected chi connectivity index (χ1v) is 12.8. The first-order chi connectivity index (χ1) is 18.0. The predicted molar refractivity (Wildman–Crippen MR) is 150 cm³/mol. The van der Waals surface area contributed by atoms with Crippen molar-refractivity contribution in [2.24, 2.45) is 0 Å². The lowest BCUT2D eigenvalue weighted by atomic mass is 10.1. The molecule has 0 aliphatic carbocycles. The SMILES string of the molecule is C#CC(=O)N(c1ccc(OC)c(Cl)c1)C(C(=O)NCCc1ccccc1)c1ccc(-c2ccccc2)s1. The number of rotatable bonds is 9. The van der Waals surface area contributed by atoms with Crippen LogP contribution in [-0.4, -0.2) is 25.5 Å². The molecule has 1 N–H and O–H groups in total. The summed E-state index contributed by atoms with van der Waals surface area (Å²) in [6.07, 6.45) is 6.21. The van der Waals surface area contributed by atoms with Gasteiger partial charge in [-0.3, -0.25) is 14.5 Å². The van der Waals surface area contributed by atoms with Gasteiger partial charge in [0.05, 0.1) is 12.1 Å². The maximum absolute atomic E-state index is 13.7. The minimum absolute atomic E-state index is 0.300. The molecule has 1 unspecified atom stereocenters. The summed E-state index contributed by atoms with van der Waals surface area (Å²) in [5.41, 5.74) is 2.51. The van der Waals surface area contributed by atoms with Crippen molar-refractivity contribution in [1.82, 2.24) is 5.32 Å². The molecular weight excluding hydrogens is 504 g/mol. The van der Waals surface area contributed by atoms with Crippen LogP contribution >= 0.6 is 22.9 Å². The van der Waals surface area contributed by atoms with Crippen molar-refractivity contribution in [2.75, 3.05) is 18.6 Å². The Balaban J connectivity index is 1.71. The molecule has 5 nitrogen and oxygen atoms in total. The molecule has 3 aromatic carbocycles. The van der Waals surface area contributed by atoms with E-state index in [0.29, 0.717) is 34.3 Å². The van der Waals surface area contributed by atoms with E-state index < -0.39 is 11.9 Å². The van der Waals surface area contributed by atoms with Crippen LogP contribution in [-0.2, 0) is 16.0 Å². The van der Waals surface area contributed by atoms with E-state index in [-0.39, 0.29) is 5.91 Å². The molecule has 2 amide bonds. The summed E-state index contributed by atoms with van der Waals surface area (Å²) in [4.78, 5) is 29.8. The summed E-state index contributed by atoms with van der Waals surface area (Å²) in [6.45, 7) is 0.401. The van der Waals surface area contributed by atoms with Gasteiger partial charge in [-0.15, -0.1) is 17.8 Å². The molecule has 0 spiro atoms. The summed E-state index contributed by atoms with van der Waals surface area (Å²) < 4.78 is 5.25. The van der Waals surface area contributed by atoms with Crippen LogP contribution in [0.4, 0.5) is 5.69 Å².